The van der Waals surface area contributed by atoms with E-state index in [9.17, 15) is 29.4 Å². The van der Waals surface area contributed by atoms with E-state index in [1.165, 1.54) is 26.0 Å². The first-order valence-electron chi connectivity index (χ1n) is 21.7. The number of nitrogens with zero attached hydrogens (tertiary/aromatic N) is 3. The molecule has 3 N–H and O–H groups in total. The Morgan fingerprint density at radius 1 is 0.984 bits per heavy atom. The number of carbonyl (C=O) groups excluding carboxylic acids is 4. The Morgan fingerprint density at radius 3 is 2.46 bits per heavy atom. The summed E-state index contributed by atoms with van der Waals surface area (Å²) < 4.78 is 23.4. The Balaban J connectivity index is 1.38. The second-order valence-electron chi connectivity index (χ2n) is 18.5. The van der Waals surface area contributed by atoms with E-state index in [4.69, 9.17) is 18.9 Å². The van der Waals surface area contributed by atoms with Gasteiger partial charge in [0.15, 0.2) is 6.10 Å². The van der Waals surface area contributed by atoms with E-state index in [-0.39, 0.29) is 12.3 Å². The third kappa shape index (κ3) is 5.67. The number of nitrogens with one attached hydrogen (secondary N) is 1. The van der Waals surface area contributed by atoms with Crippen molar-refractivity contribution in [2.24, 2.45) is 11.3 Å². The maximum atomic E-state index is 14.4. The monoisotopic (exact) mass is 838 g/mol. The number of carbonyl (C=O) groups is 4. The molecule has 1 amide bonds. The fourth-order valence-corrected chi connectivity index (χ4v) is 13.6. The van der Waals surface area contributed by atoms with Crippen molar-refractivity contribution in [1.29, 1.82) is 0 Å². The Bertz CT molecular complexity index is 2330. The van der Waals surface area contributed by atoms with Crippen molar-refractivity contribution >= 4 is 40.9 Å². The molecular formula is C47H58N4O10. The van der Waals surface area contributed by atoms with Gasteiger partial charge in [0.05, 0.1) is 50.5 Å². The van der Waals surface area contributed by atoms with Crippen molar-refractivity contribution in [3.05, 3.63) is 70.9 Å². The van der Waals surface area contributed by atoms with Crippen LogP contribution in [0.25, 0.3) is 10.9 Å². The smallest absolute Gasteiger partial charge is 0.344 e. The summed E-state index contributed by atoms with van der Waals surface area (Å²) in [7, 11) is 4.14. The standard InChI is InChI=1S/C47H58N4O10/c1-7-43(56)22-29-23-45(24-37(54)59-5,38-31(14-18-49(25-29)26-43)30-12-9-10-13-34(30)48-38)33-20-32-35(21-36(33)58-4)51(27-52)40-46(32)16-19-50-17-11-15-44(8-2,39(46)50)41(61-28(3)53)47(40,57)42(55)60-6/h9-13,15,20-21,27,29,39-41,48,56-57H,7-8,14,16-19,22-26H2,1-6H3/t29?,39-,40?,41+,43?,44+,45-,46+,47-/m0/s1. The number of para-hydroxylation sites is 1. The van der Waals surface area contributed by atoms with E-state index in [0.29, 0.717) is 88.1 Å². The van der Waals surface area contributed by atoms with Crippen LogP contribution in [0.4, 0.5) is 5.69 Å². The highest BCUT2D eigenvalue weighted by atomic mass is 16.6. The number of esters is 3. The quantitative estimate of drug-likeness (QED) is 0.123. The zero-order valence-corrected chi connectivity index (χ0v) is 36.0. The van der Waals surface area contributed by atoms with Crippen molar-refractivity contribution in [3.63, 3.8) is 0 Å². The Morgan fingerprint density at radius 2 is 1.77 bits per heavy atom. The van der Waals surface area contributed by atoms with E-state index >= 15 is 0 Å². The summed E-state index contributed by atoms with van der Waals surface area (Å²) in [4.78, 5) is 65.3. The number of hydrogen-bond donors (Lipinski definition) is 3. The van der Waals surface area contributed by atoms with Gasteiger partial charge in [-0.05, 0) is 74.2 Å². The molecular weight excluding hydrogens is 781 g/mol. The molecule has 2 bridgehead atoms. The number of fused-ring (bicyclic) bond motifs is 6. The van der Waals surface area contributed by atoms with E-state index < -0.39 is 63.5 Å². The van der Waals surface area contributed by atoms with Crippen molar-refractivity contribution in [2.45, 2.75) is 106 Å². The minimum Gasteiger partial charge on any atom is -0.496 e. The van der Waals surface area contributed by atoms with Crippen LogP contribution in [-0.2, 0) is 50.6 Å². The fourth-order valence-electron chi connectivity index (χ4n) is 13.6. The number of amides is 1. The second kappa shape index (κ2) is 14.7. The van der Waals surface area contributed by atoms with Gasteiger partial charge in [-0.3, -0.25) is 24.2 Å². The minimum atomic E-state index is -2.51. The van der Waals surface area contributed by atoms with Gasteiger partial charge in [-0.25, -0.2) is 4.79 Å². The summed E-state index contributed by atoms with van der Waals surface area (Å²) in [6, 6.07) is 10.3. The lowest BCUT2D eigenvalue weighted by molar-refractivity contribution is -0.228. The van der Waals surface area contributed by atoms with Gasteiger partial charge in [0.2, 0.25) is 12.0 Å². The van der Waals surface area contributed by atoms with Gasteiger partial charge in [0, 0.05) is 78.2 Å². The number of aromatic amines is 1. The number of anilines is 1. The largest absolute Gasteiger partial charge is 0.496 e. The lowest BCUT2D eigenvalue weighted by Gasteiger charge is -2.63. The van der Waals surface area contributed by atoms with Crippen LogP contribution in [0.15, 0.2) is 48.6 Å². The highest BCUT2D eigenvalue weighted by Crippen LogP contribution is 2.68. The number of H-pyrrole nitrogens is 1. The summed E-state index contributed by atoms with van der Waals surface area (Å²) in [5, 5.41) is 26.4. The first-order chi connectivity index (χ1) is 29.2. The molecule has 3 aromatic rings. The number of ether oxygens (including phenoxy) is 4. The molecule has 10 atom stereocenters. The van der Waals surface area contributed by atoms with Crippen LogP contribution < -0.4 is 9.64 Å². The van der Waals surface area contributed by atoms with Crippen LogP contribution in [0.2, 0.25) is 0 Å². The Labute approximate surface area is 356 Å². The van der Waals surface area contributed by atoms with E-state index in [0.717, 1.165) is 34.3 Å². The fraction of sp³-hybridized carbons (Fsp3) is 0.574. The molecule has 2 aromatic carbocycles. The van der Waals surface area contributed by atoms with Gasteiger partial charge in [0.1, 0.15) is 5.75 Å². The molecule has 0 radical (unpaired) electrons. The molecule has 5 aliphatic heterocycles. The summed E-state index contributed by atoms with van der Waals surface area (Å²) in [5.74, 6) is -1.76. The van der Waals surface area contributed by atoms with Crippen LogP contribution in [0.1, 0.15) is 81.7 Å². The van der Waals surface area contributed by atoms with Crippen LogP contribution in [-0.4, -0.2) is 133 Å². The number of benzene rings is 2. The van der Waals surface area contributed by atoms with Gasteiger partial charge in [-0.15, -0.1) is 0 Å². The molecule has 61 heavy (non-hydrogen) atoms. The normalized spacial score (nSPS) is 36.1. The SMILES string of the molecule is CCC1(O)CC2CN(CCc3c([nH]c4ccccc34)[C@@](CC(=O)OC)(c3cc4c(cc3OC)N(C=O)C3[C@]45CCN4CC=C[C@@](CC)([C@@H](OC(C)=O)[C@]3(O)C(=O)OC)[C@H]45)C2)C1. The summed E-state index contributed by atoms with van der Waals surface area (Å²) in [6.07, 6.45) is 6.20. The first-order valence-corrected chi connectivity index (χ1v) is 21.7. The maximum absolute atomic E-state index is 14.4. The van der Waals surface area contributed by atoms with Gasteiger partial charge >= 0.3 is 17.9 Å². The van der Waals surface area contributed by atoms with Crippen molar-refractivity contribution < 1.29 is 48.3 Å². The number of methoxy groups -OCH3 is 3. The molecule has 1 spiro atoms. The molecule has 4 unspecified atom stereocenters. The average Bonchev–Trinajstić information content (AvgIpc) is 3.93. The molecule has 2 saturated heterocycles. The van der Waals surface area contributed by atoms with Gasteiger partial charge in [0.25, 0.3) is 0 Å². The maximum Gasteiger partial charge on any atom is 0.344 e. The molecule has 14 heteroatoms. The van der Waals surface area contributed by atoms with Crippen LogP contribution >= 0.6 is 0 Å². The van der Waals surface area contributed by atoms with Crippen molar-refractivity contribution in [2.75, 3.05) is 59.0 Å². The Kier molecular flexibility index (Phi) is 10.0. The predicted octanol–water partition coefficient (Wildman–Crippen LogP) is 3.91. The topological polar surface area (TPSA) is 171 Å². The zero-order chi connectivity index (χ0) is 43.3. The van der Waals surface area contributed by atoms with Crippen molar-refractivity contribution in [3.8, 4) is 5.75 Å². The van der Waals surface area contributed by atoms with Gasteiger partial charge < -0.3 is 39.0 Å². The van der Waals surface area contributed by atoms with E-state index in [1.54, 1.807) is 7.11 Å². The number of rotatable bonds is 9. The third-order valence-corrected chi connectivity index (χ3v) is 15.8. The third-order valence-electron chi connectivity index (χ3n) is 15.8. The van der Waals surface area contributed by atoms with Gasteiger partial charge in [-0.2, -0.15) is 0 Å². The lowest BCUT2D eigenvalue weighted by atomic mass is 9.47. The molecule has 1 saturated carbocycles. The van der Waals surface area contributed by atoms with E-state index in [1.807, 2.05) is 50.3 Å². The Hall–Kier alpha value is -4.76. The number of hydrogen-bond acceptors (Lipinski definition) is 12. The van der Waals surface area contributed by atoms with Crippen LogP contribution in [0.3, 0.4) is 0 Å². The minimum absolute atomic E-state index is 0.0576. The summed E-state index contributed by atoms with van der Waals surface area (Å²) >= 11 is 0. The first kappa shape index (κ1) is 41.6. The molecule has 326 valence electrons. The molecule has 1 aromatic heterocycles. The number of aliphatic hydroxyl groups is 2. The van der Waals surface area contributed by atoms with Gasteiger partial charge in [-0.1, -0.05) is 44.2 Å². The predicted molar refractivity (Wildman–Crippen MR) is 225 cm³/mol. The highest BCUT2D eigenvalue weighted by Gasteiger charge is 2.81. The van der Waals surface area contributed by atoms with Crippen LogP contribution in [0, 0.1) is 11.3 Å². The van der Waals surface area contributed by atoms with E-state index in [2.05, 4.69) is 26.9 Å². The number of aromatic nitrogens is 1. The summed E-state index contributed by atoms with van der Waals surface area (Å²) in [6.45, 7) is 8.36. The molecule has 1 aliphatic carbocycles. The molecule has 6 aliphatic rings. The molecule has 6 heterocycles. The molecule has 14 nitrogen and oxygen atoms in total. The second-order valence-corrected chi connectivity index (χ2v) is 18.5. The zero-order valence-electron chi connectivity index (χ0n) is 36.0. The van der Waals surface area contributed by atoms with Crippen LogP contribution in [0.5, 0.6) is 5.75 Å². The summed E-state index contributed by atoms with van der Waals surface area (Å²) in [5.41, 5.74) is -2.01. The molecule has 3 fully saturated rings. The lowest BCUT2D eigenvalue weighted by Crippen LogP contribution is -2.81. The average molecular weight is 839 g/mol. The number of piperidine rings is 1. The van der Waals surface area contributed by atoms with Crippen molar-refractivity contribution in [1.82, 2.24) is 14.8 Å². The highest BCUT2D eigenvalue weighted by molar-refractivity contribution is 5.93. The molecule has 9 rings (SSSR count).